The van der Waals surface area contributed by atoms with Gasteiger partial charge in [0.05, 0.1) is 16.1 Å². The number of anilines is 1. The zero-order valence-corrected chi connectivity index (χ0v) is 19.3. The Morgan fingerprint density at radius 1 is 1.06 bits per heavy atom. The van der Waals surface area contributed by atoms with Crippen molar-refractivity contribution in [2.75, 3.05) is 17.5 Å². The van der Waals surface area contributed by atoms with E-state index in [2.05, 4.69) is 12.2 Å². The van der Waals surface area contributed by atoms with Crippen LogP contribution in [-0.2, 0) is 19.6 Å². The molecule has 1 saturated carbocycles. The standard InChI is InChI=1S/C24H30N2O5S/c1-3-26(20-12-5-4-6-13-20)32(29,30)21-14-9-11-19(16-21)24(28)31-17-23(27)25-22-15-8-7-10-18(22)2/h4-6,9,11-14,16,18,22H,3,7-8,10,15,17H2,1-2H3,(H,25,27)/t18-,22-/m0/s1. The molecule has 0 saturated heterocycles. The van der Waals surface area contributed by atoms with Gasteiger partial charge in [0.1, 0.15) is 0 Å². The van der Waals surface area contributed by atoms with Crippen LogP contribution in [0.25, 0.3) is 0 Å². The first-order valence-electron chi connectivity index (χ1n) is 11.0. The maximum atomic E-state index is 13.2. The Morgan fingerprint density at radius 3 is 2.47 bits per heavy atom. The minimum absolute atomic E-state index is 0.0156. The zero-order valence-electron chi connectivity index (χ0n) is 18.5. The number of carbonyl (C=O) groups is 2. The molecule has 0 unspecified atom stereocenters. The zero-order chi connectivity index (χ0) is 23.1. The van der Waals surface area contributed by atoms with Crippen LogP contribution in [0.2, 0.25) is 0 Å². The molecule has 0 spiro atoms. The van der Waals surface area contributed by atoms with Crippen molar-refractivity contribution >= 4 is 27.6 Å². The van der Waals surface area contributed by atoms with Gasteiger partial charge < -0.3 is 10.1 Å². The van der Waals surface area contributed by atoms with E-state index in [0.717, 1.165) is 19.3 Å². The van der Waals surface area contributed by atoms with Crippen LogP contribution >= 0.6 is 0 Å². The second kappa shape index (κ2) is 10.6. The van der Waals surface area contributed by atoms with Gasteiger partial charge in [-0.2, -0.15) is 0 Å². The number of carbonyl (C=O) groups excluding carboxylic acids is 2. The van der Waals surface area contributed by atoms with Crippen molar-refractivity contribution in [2.45, 2.75) is 50.5 Å². The third-order valence-corrected chi connectivity index (χ3v) is 7.68. The van der Waals surface area contributed by atoms with Crippen LogP contribution in [0.15, 0.2) is 59.5 Å². The second-order valence-corrected chi connectivity index (χ2v) is 9.91. The fraction of sp³-hybridized carbons (Fsp3) is 0.417. The molecule has 0 aliphatic heterocycles. The van der Waals surface area contributed by atoms with Gasteiger partial charge in [0.15, 0.2) is 6.61 Å². The molecule has 1 aliphatic carbocycles. The van der Waals surface area contributed by atoms with Crippen molar-refractivity contribution in [3.8, 4) is 0 Å². The number of rotatable bonds is 8. The minimum Gasteiger partial charge on any atom is -0.452 e. The van der Waals surface area contributed by atoms with E-state index < -0.39 is 22.6 Å². The summed E-state index contributed by atoms with van der Waals surface area (Å²) in [7, 11) is -3.87. The van der Waals surface area contributed by atoms with Crippen LogP contribution in [-0.4, -0.2) is 39.5 Å². The van der Waals surface area contributed by atoms with Crippen molar-refractivity contribution in [3.05, 3.63) is 60.2 Å². The number of ether oxygens (including phenoxy) is 1. The average Bonchev–Trinajstić information content (AvgIpc) is 2.80. The number of nitrogens with zero attached hydrogens (tertiary/aromatic N) is 1. The van der Waals surface area contributed by atoms with Crippen molar-refractivity contribution in [2.24, 2.45) is 5.92 Å². The third-order valence-electron chi connectivity index (χ3n) is 5.78. The maximum Gasteiger partial charge on any atom is 0.338 e. The Balaban J connectivity index is 1.67. The lowest BCUT2D eigenvalue weighted by Crippen LogP contribution is -2.42. The summed E-state index contributed by atoms with van der Waals surface area (Å²) < 4.78 is 32.8. The van der Waals surface area contributed by atoms with Crippen molar-refractivity contribution in [1.29, 1.82) is 0 Å². The van der Waals surface area contributed by atoms with E-state index in [1.807, 2.05) is 6.07 Å². The first-order valence-corrected chi connectivity index (χ1v) is 12.4. The molecule has 8 heteroatoms. The topological polar surface area (TPSA) is 92.8 Å². The van der Waals surface area contributed by atoms with E-state index in [9.17, 15) is 18.0 Å². The maximum absolute atomic E-state index is 13.2. The summed E-state index contributed by atoms with van der Waals surface area (Å²) >= 11 is 0. The number of benzene rings is 2. The molecule has 32 heavy (non-hydrogen) atoms. The molecular formula is C24H30N2O5S. The summed E-state index contributed by atoms with van der Waals surface area (Å²) in [5.41, 5.74) is 0.616. The van der Waals surface area contributed by atoms with Gasteiger partial charge in [0.25, 0.3) is 15.9 Å². The summed E-state index contributed by atoms with van der Waals surface area (Å²) in [6.45, 7) is 3.69. The molecule has 0 radical (unpaired) electrons. The van der Waals surface area contributed by atoms with E-state index in [1.165, 1.54) is 35.0 Å². The number of nitrogens with one attached hydrogen (secondary N) is 1. The number of sulfonamides is 1. The Hall–Kier alpha value is -2.87. The number of hydrogen-bond donors (Lipinski definition) is 1. The van der Waals surface area contributed by atoms with Crippen LogP contribution in [0.4, 0.5) is 5.69 Å². The molecule has 0 aromatic heterocycles. The third kappa shape index (κ3) is 5.68. The molecule has 2 atom stereocenters. The lowest BCUT2D eigenvalue weighted by Gasteiger charge is -2.29. The van der Waals surface area contributed by atoms with Crippen molar-refractivity contribution in [3.63, 3.8) is 0 Å². The highest BCUT2D eigenvalue weighted by Gasteiger charge is 2.26. The molecule has 172 valence electrons. The number of hydrogen-bond acceptors (Lipinski definition) is 5. The highest BCUT2D eigenvalue weighted by molar-refractivity contribution is 7.92. The van der Waals surface area contributed by atoms with Crippen LogP contribution in [0.3, 0.4) is 0 Å². The highest BCUT2D eigenvalue weighted by atomic mass is 32.2. The first-order chi connectivity index (χ1) is 15.3. The van der Waals surface area contributed by atoms with Gasteiger partial charge in [-0.1, -0.05) is 44.0 Å². The average molecular weight is 459 g/mol. The predicted octanol–water partition coefficient (Wildman–Crippen LogP) is 3.75. The molecule has 0 heterocycles. The summed E-state index contributed by atoms with van der Waals surface area (Å²) in [6.07, 6.45) is 4.25. The lowest BCUT2D eigenvalue weighted by atomic mass is 9.86. The largest absolute Gasteiger partial charge is 0.452 e. The van der Waals surface area contributed by atoms with E-state index >= 15 is 0 Å². The molecule has 2 aromatic carbocycles. The molecule has 1 N–H and O–H groups in total. The predicted molar refractivity (Wildman–Crippen MR) is 123 cm³/mol. The molecule has 1 fully saturated rings. The van der Waals surface area contributed by atoms with Crippen LogP contribution in [0.1, 0.15) is 49.9 Å². The SMILES string of the molecule is CCN(c1ccccc1)S(=O)(=O)c1cccc(C(=O)OCC(=O)N[C@H]2CCCC[C@@H]2C)c1. The van der Waals surface area contributed by atoms with Crippen LogP contribution in [0, 0.1) is 5.92 Å². The summed E-state index contributed by atoms with van der Waals surface area (Å²) in [6, 6.07) is 14.6. The molecule has 0 bridgehead atoms. The quantitative estimate of drug-likeness (QED) is 0.608. The van der Waals surface area contributed by atoms with E-state index in [-0.39, 0.29) is 29.0 Å². The second-order valence-electron chi connectivity index (χ2n) is 8.05. The lowest BCUT2D eigenvalue weighted by molar-refractivity contribution is -0.125. The van der Waals surface area contributed by atoms with Crippen LogP contribution < -0.4 is 9.62 Å². The van der Waals surface area contributed by atoms with Gasteiger partial charge in [-0.25, -0.2) is 13.2 Å². The molecule has 7 nitrogen and oxygen atoms in total. The van der Waals surface area contributed by atoms with Gasteiger partial charge >= 0.3 is 5.97 Å². The van der Waals surface area contributed by atoms with E-state index in [4.69, 9.17) is 4.74 Å². The highest BCUT2D eigenvalue weighted by Crippen LogP contribution is 2.25. The van der Waals surface area contributed by atoms with Gasteiger partial charge in [0, 0.05) is 12.6 Å². The van der Waals surface area contributed by atoms with Crippen molar-refractivity contribution in [1.82, 2.24) is 5.32 Å². The van der Waals surface area contributed by atoms with Crippen molar-refractivity contribution < 1.29 is 22.7 Å². The summed E-state index contributed by atoms with van der Waals surface area (Å²) in [5, 5.41) is 2.93. The Kier molecular flexibility index (Phi) is 7.90. The number of esters is 1. The van der Waals surface area contributed by atoms with E-state index in [0.29, 0.717) is 11.6 Å². The fourth-order valence-corrected chi connectivity index (χ4v) is 5.51. The molecule has 2 aromatic rings. The van der Waals surface area contributed by atoms with Gasteiger partial charge in [-0.3, -0.25) is 9.10 Å². The van der Waals surface area contributed by atoms with Gasteiger partial charge in [-0.15, -0.1) is 0 Å². The Bertz CT molecular complexity index is 1040. The summed E-state index contributed by atoms with van der Waals surface area (Å²) in [4.78, 5) is 24.7. The first kappa shape index (κ1) is 23.8. The normalized spacial score (nSPS) is 18.6. The fourth-order valence-electron chi connectivity index (χ4n) is 3.99. The molecule has 1 aliphatic rings. The van der Waals surface area contributed by atoms with E-state index in [1.54, 1.807) is 31.2 Å². The molecule has 3 rings (SSSR count). The van der Waals surface area contributed by atoms with Crippen LogP contribution in [0.5, 0.6) is 0 Å². The number of amides is 1. The Labute approximate surface area is 189 Å². The van der Waals surface area contributed by atoms with Gasteiger partial charge in [0.2, 0.25) is 0 Å². The molecule has 1 amide bonds. The monoisotopic (exact) mass is 458 g/mol. The minimum atomic E-state index is -3.87. The Morgan fingerprint density at radius 2 is 1.78 bits per heavy atom. The van der Waals surface area contributed by atoms with Gasteiger partial charge in [-0.05, 0) is 56.0 Å². The molecular weight excluding hydrogens is 428 g/mol. The number of para-hydroxylation sites is 1. The smallest absolute Gasteiger partial charge is 0.338 e. The summed E-state index contributed by atoms with van der Waals surface area (Å²) in [5.74, 6) is -0.685.